The van der Waals surface area contributed by atoms with Crippen molar-refractivity contribution >= 4 is 17.4 Å². The van der Waals surface area contributed by atoms with Crippen LogP contribution < -0.4 is 5.32 Å². The van der Waals surface area contributed by atoms with Crippen LogP contribution in [0.3, 0.4) is 0 Å². The van der Waals surface area contributed by atoms with Crippen molar-refractivity contribution < 1.29 is 14.7 Å². The molecule has 0 aliphatic rings. The molecule has 0 radical (unpaired) electrons. The fraction of sp³-hybridized carbons (Fsp3) is 0.385. The maximum atomic E-state index is 11.4. The van der Waals surface area contributed by atoms with Crippen LogP contribution in [0.15, 0.2) is 24.3 Å². The number of ketones is 1. The zero-order valence-corrected chi connectivity index (χ0v) is 9.90. The number of hydrogen-bond acceptors (Lipinski definition) is 3. The topological polar surface area (TPSA) is 66.4 Å². The third-order valence-electron chi connectivity index (χ3n) is 2.55. The van der Waals surface area contributed by atoms with Crippen LogP contribution in [0.5, 0.6) is 0 Å². The second kappa shape index (κ2) is 6.68. The van der Waals surface area contributed by atoms with Gasteiger partial charge in [-0.1, -0.05) is 12.1 Å². The number of carboxylic acid groups (broad SMARTS) is 1. The molecule has 0 aromatic heterocycles. The van der Waals surface area contributed by atoms with E-state index in [4.69, 9.17) is 5.11 Å². The maximum absolute atomic E-state index is 11.4. The molecule has 0 saturated heterocycles. The van der Waals surface area contributed by atoms with Crippen LogP contribution in [0.25, 0.3) is 0 Å². The Morgan fingerprint density at radius 2 is 1.76 bits per heavy atom. The molecule has 0 bridgehead atoms. The first kappa shape index (κ1) is 13.2. The van der Waals surface area contributed by atoms with E-state index >= 15 is 0 Å². The smallest absolute Gasteiger partial charge is 0.303 e. The molecule has 0 atom stereocenters. The summed E-state index contributed by atoms with van der Waals surface area (Å²) in [5.41, 5.74) is 2.12. The number of Topliss-reactive ketones (excluding diaryl/α,β-unsaturated/α-hetero) is 1. The summed E-state index contributed by atoms with van der Waals surface area (Å²) < 4.78 is 0. The van der Waals surface area contributed by atoms with Crippen molar-refractivity contribution in [2.24, 2.45) is 0 Å². The van der Waals surface area contributed by atoms with Crippen molar-refractivity contribution in [2.45, 2.75) is 25.7 Å². The van der Waals surface area contributed by atoms with Gasteiger partial charge in [0.15, 0.2) is 0 Å². The molecule has 17 heavy (non-hydrogen) atoms. The molecular weight excluding hydrogens is 218 g/mol. The Balaban J connectivity index is 2.34. The Morgan fingerprint density at radius 3 is 2.29 bits per heavy atom. The van der Waals surface area contributed by atoms with E-state index in [2.05, 4.69) is 5.32 Å². The molecule has 1 rings (SSSR count). The first-order valence-corrected chi connectivity index (χ1v) is 5.62. The molecule has 0 heterocycles. The van der Waals surface area contributed by atoms with E-state index in [0.717, 1.165) is 11.3 Å². The van der Waals surface area contributed by atoms with Gasteiger partial charge in [0.1, 0.15) is 5.78 Å². The lowest BCUT2D eigenvalue weighted by atomic mass is 10.0. The fourth-order valence-corrected chi connectivity index (χ4v) is 1.49. The van der Waals surface area contributed by atoms with Gasteiger partial charge in [-0.05, 0) is 24.1 Å². The normalized spacial score (nSPS) is 9.94. The lowest BCUT2D eigenvalue weighted by Gasteiger charge is -2.03. The van der Waals surface area contributed by atoms with Gasteiger partial charge in [-0.25, -0.2) is 0 Å². The first-order chi connectivity index (χ1) is 8.11. The van der Waals surface area contributed by atoms with Crippen LogP contribution in [0.1, 0.15) is 24.8 Å². The standard InChI is InChI=1S/C13H17NO3/c1-14-11-5-2-10(3-6-11)4-7-12(15)8-9-13(16)17/h2-3,5-6,14H,4,7-9H2,1H3,(H,16,17). The SMILES string of the molecule is CNc1ccc(CCC(=O)CCC(=O)O)cc1. The van der Waals surface area contributed by atoms with E-state index in [9.17, 15) is 9.59 Å². The molecular formula is C13H17NO3. The Hall–Kier alpha value is -1.84. The summed E-state index contributed by atoms with van der Waals surface area (Å²) in [6.45, 7) is 0. The molecule has 4 nitrogen and oxygen atoms in total. The van der Waals surface area contributed by atoms with Crippen molar-refractivity contribution in [3.05, 3.63) is 29.8 Å². The first-order valence-electron chi connectivity index (χ1n) is 5.62. The van der Waals surface area contributed by atoms with Gasteiger partial charge < -0.3 is 10.4 Å². The van der Waals surface area contributed by atoms with Gasteiger partial charge in [-0.15, -0.1) is 0 Å². The van der Waals surface area contributed by atoms with Crippen LogP contribution in [0, 0.1) is 0 Å². The van der Waals surface area contributed by atoms with Crippen LogP contribution in [0.4, 0.5) is 5.69 Å². The Morgan fingerprint density at radius 1 is 1.12 bits per heavy atom. The molecule has 0 saturated carbocycles. The molecule has 92 valence electrons. The molecule has 0 aliphatic carbocycles. The Bertz CT molecular complexity index is 384. The molecule has 0 amide bonds. The molecule has 1 aromatic carbocycles. The van der Waals surface area contributed by atoms with Gasteiger partial charge in [0.25, 0.3) is 0 Å². The third-order valence-corrected chi connectivity index (χ3v) is 2.55. The predicted octanol–water partition coefficient (Wildman–Crippen LogP) is 2.09. The molecule has 0 aliphatic heterocycles. The number of aryl methyl sites for hydroxylation is 1. The number of benzene rings is 1. The van der Waals surface area contributed by atoms with E-state index < -0.39 is 5.97 Å². The summed E-state index contributed by atoms with van der Waals surface area (Å²) in [7, 11) is 1.85. The Labute approximate surface area is 101 Å². The van der Waals surface area contributed by atoms with E-state index in [1.54, 1.807) is 0 Å². The highest BCUT2D eigenvalue weighted by Crippen LogP contribution is 2.11. The van der Waals surface area contributed by atoms with Crippen molar-refractivity contribution in [3.63, 3.8) is 0 Å². The summed E-state index contributed by atoms with van der Waals surface area (Å²) in [5, 5.41) is 11.5. The second-order valence-electron chi connectivity index (χ2n) is 3.88. The minimum absolute atomic E-state index is 0.00472. The van der Waals surface area contributed by atoms with Crippen LogP contribution in [0.2, 0.25) is 0 Å². The third kappa shape index (κ3) is 5.15. The number of nitrogens with one attached hydrogen (secondary N) is 1. The van der Waals surface area contributed by atoms with Gasteiger partial charge in [0.2, 0.25) is 0 Å². The van der Waals surface area contributed by atoms with Gasteiger partial charge >= 0.3 is 5.97 Å². The highest BCUT2D eigenvalue weighted by atomic mass is 16.4. The number of anilines is 1. The molecule has 0 spiro atoms. The van der Waals surface area contributed by atoms with Crippen LogP contribution in [-0.2, 0) is 16.0 Å². The van der Waals surface area contributed by atoms with E-state index in [1.165, 1.54) is 0 Å². The quantitative estimate of drug-likeness (QED) is 0.759. The minimum Gasteiger partial charge on any atom is -0.481 e. The number of carbonyl (C=O) groups is 2. The van der Waals surface area contributed by atoms with Crippen LogP contribution >= 0.6 is 0 Å². The van der Waals surface area contributed by atoms with Gasteiger partial charge in [-0.3, -0.25) is 9.59 Å². The molecule has 1 aromatic rings. The molecule has 2 N–H and O–H groups in total. The van der Waals surface area contributed by atoms with E-state index in [-0.39, 0.29) is 18.6 Å². The van der Waals surface area contributed by atoms with Gasteiger partial charge in [0.05, 0.1) is 6.42 Å². The lowest BCUT2D eigenvalue weighted by Crippen LogP contribution is -2.04. The highest BCUT2D eigenvalue weighted by molar-refractivity contribution is 5.82. The maximum Gasteiger partial charge on any atom is 0.303 e. The van der Waals surface area contributed by atoms with Crippen molar-refractivity contribution in [1.29, 1.82) is 0 Å². The number of carbonyl (C=O) groups excluding carboxylic acids is 1. The summed E-state index contributed by atoms with van der Waals surface area (Å²) in [6, 6.07) is 7.85. The predicted molar refractivity (Wildman–Crippen MR) is 66.2 cm³/mol. The summed E-state index contributed by atoms with van der Waals surface area (Å²) in [4.78, 5) is 21.7. The molecule has 4 heteroatoms. The highest BCUT2D eigenvalue weighted by Gasteiger charge is 2.05. The zero-order valence-electron chi connectivity index (χ0n) is 9.90. The number of rotatable bonds is 7. The number of hydrogen-bond donors (Lipinski definition) is 2. The van der Waals surface area contributed by atoms with Gasteiger partial charge in [-0.2, -0.15) is 0 Å². The largest absolute Gasteiger partial charge is 0.481 e. The van der Waals surface area contributed by atoms with Crippen LogP contribution in [-0.4, -0.2) is 23.9 Å². The minimum atomic E-state index is -0.920. The fourth-order valence-electron chi connectivity index (χ4n) is 1.49. The van der Waals surface area contributed by atoms with Crippen molar-refractivity contribution in [1.82, 2.24) is 0 Å². The Kier molecular flexibility index (Phi) is 5.20. The van der Waals surface area contributed by atoms with Gasteiger partial charge in [0, 0.05) is 25.6 Å². The summed E-state index contributed by atoms with van der Waals surface area (Å²) in [5.74, 6) is -0.915. The monoisotopic (exact) mass is 235 g/mol. The van der Waals surface area contributed by atoms with Crippen molar-refractivity contribution in [3.8, 4) is 0 Å². The molecule has 0 unspecified atom stereocenters. The zero-order chi connectivity index (χ0) is 12.7. The van der Waals surface area contributed by atoms with E-state index in [1.807, 2.05) is 31.3 Å². The van der Waals surface area contributed by atoms with E-state index in [0.29, 0.717) is 12.8 Å². The number of aliphatic carboxylic acids is 1. The summed E-state index contributed by atoms with van der Waals surface area (Å²) in [6.07, 6.45) is 1.14. The average Bonchev–Trinajstić information content (AvgIpc) is 2.34. The molecule has 0 fully saturated rings. The lowest BCUT2D eigenvalue weighted by molar-refractivity contribution is -0.138. The summed E-state index contributed by atoms with van der Waals surface area (Å²) >= 11 is 0. The van der Waals surface area contributed by atoms with Crippen molar-refractivity contribution in [2.75, 3.05) is 12.4 Å². The number of carboxylic acids is 1. The second-order valence-corrected chi connectivity index (χ2v) is 3.88. The average molecular weight is 235 g/mol.